The normalized spacial score (nSPS) is 24.3. The van der Waals surface area contributed by atoms with Crippen LogP contribution < -0.4 is 0 Å². The number of rotatable bonds is 6. The largest absolute Gasteiger partial charge is 0.481 e. The third kappa shape index (κ3) is 6.13. The minimum absolute atomic E-state index is 0.0183. The number of aliphatic carboxylic acids is 1. The average Bonchev–Trinajstić information content (AvgIpc) is 2.77. The first kappa shape index (κ1) is 26.9. The maximum absolute atomic E-state index is 13.5. The van der Waals surface area contributed by atoms with Crippen molar-refractivity contribution in [1.29, 1.82) is 0 Å². The van der Waals surface area contributed by atoms with Crippen molar-refractivity contribution in [3.63, 3.8) is 0 Å². The number of carboxylic acids is 1. The second-order valence-electron chi connectivity index (χ2n) is 8.62. The number of hydrogen-bond acceptors (Lipinski definition) is 3. The number of carboxylic acid groups (broad SMARTS) is 1. The zero-order chi connectivity index (χ0) is 26.1. The van der Waals surface area contributed by atoms with Gasteiger partial charge in [0.25, 0.3) is 0 Å². The third-order valence-electron chi connectivity index (χ3n) is 6.35. The predicted octanol–water partition coefficient (Wildman–Crippen LogP) is 6.20. The van der Waals surface area contributed by atoms with Gasteiger partial charge in [-0.15, -0.1) is 0 Å². The highest BCUT2D eigenvalue weighted by Crippen LogP contribution is 2.45. The van der Waals surface area contributed by atoms with E-state index >= 15 is 0 Å². The molecular formula is C24H23F7O4. The van der Waals surface area contributed by atoms with Crippen LogP contribution in [0.25, 0.3) is 0 Å². The lowest BCUT2D eigenvalue weighted by Crippen LogP contribution is -2.43. The highest BCUT2D eigenvalue weighted by atomic mass is 19.4. The average molecular weight is 508 g/mol. The van der Waals surface area contributed by atoms with Crippen molar-refractivity contribution in [2.45, 2.75) is 50.2 Å². The molecule has 35 heavy (non-hydrogen) atoms. The van der Waals surface area contributed by atoms with Crippen molar-refractivity contribution >= 4 is 5.97 Å². The van der Waals surface area contributed by atoms with E-state index in [1.165, 1.54) is 19.1 Å². The molecular weight excluding hydrogens is 485 g/mol. The molecule has 11 heteroatoms. The van der Waals surface area contributed by atoms with Crippen LogP contribution in [0.4, 0.5) is 30.7 Å². The lowest BCUT2D eigenvalue weighted by Gasteiger charge is -2.41. The molecule has 2 aromatic rings. The second kappa shape index (κ2) is 10.1. The molecule has 0 heterocycles. The maximum atomic E-state index is 13.5. The lowest BCUT2D eigenvalue weighted by molar-refractivity contribution is -0.153. The van der Waals surface area contributed by atoms with E-state index in [-0.39, 0.29) is 24.5 Å². The van der Waals surface area contributed by atoms with Gasteiger partial charge in [-0.05, 0) is 67.1 Å². The number of hydrogen-bond donors (Lipinski definition) is 2. The van der Waals surface area contributed by atoms with Gasteiger partial charge in [0.05, 0.1) is 29.3 Å². The summed E-state index contributed by atoms with van der Waals surface area (Å²) in [5.74, 6) is -4.58. The number of ether oxygens (including phenoxy) is 1. The van der Waals surface area contributed by atoms with E-state index in [4.69, 9.17) is 4.74 Å². The van der Waals surface area contributed by atoms with Gasteiger partial charge in [0.15, 0.2) is 0 Å². The highest BCUT2D eigenvalue weighted by Gasteiger charge is 2.45. The molecule has 1 fully saturated rings. The SMILES string of the molecule is C[C@@H](O[C@H]1CC[C@H](CO)[C@@H](C(=O)O)[C@@H]1c1ccc(F)cc1)c1cc(C(F)(F)F)cc(C(F)(F)F)c1. The Morgan fingerprint density at radius 3 is 2.00 bits per heavy atom. The summed E-state index contributed by atoms with van der Waals surface area (Å²) < 4.78 is 99.0. The predicted molar refractivity (Wildman–Crippen MR) is 110 cm³/mol. The maximum Gasteiger partial charge on any atom is 0.416 e. The number of aliphatic hydroxyl groups is 1. The molecule has 4 nitrogen and oxygen atoms in total. The molecule has 2 aromatic carbocycles. The van der Waals surface area contributed by atoms with Crippen LogP contribution in [-0.2, 0) is 21.9 Å². The zero-order valence-electron chi connectivity index (χ0n) is 18.4. The monoisotopic (exact) mass is 508 g/mol. The van der Waals surface area contributed by atoms with Gasteiger partial charge in [-0.1, -0.05) is 12.1 Å². The summed E-state index contributed by atoms with van der Waals surface area (Å²) in [5.41, 5.74) is -2.98. The summed E-state index contributed by atoms with van der Waals surface area (Å²) >= 11 is 0. The van der Waals surface area contributed by atoms with Crippen LogP contribution in [0, 0.1) is 17.7 Å². The van der Waals surface area contributed by atoms with Gasteiger partial charge in [0.1, 0.15) is 5.82 Å². The molecule has 192 valence electrons. The Kier molecular flexibility index (Phi) is 7.80. The van der Waals surface area contributed by atoms with Gasteiger partial charge in [0.2, 0.25) is 0 Å². The van der Waals surface area contributed by atoms with E-state index in [0.29, 0.717) is 17.7 Å². The summed E-state index contributed by atoms with van der Waals surface area (Å²) in [5, 5.41) is 19.6. The van der Waals surface area contributed by atoms with Crippen molar-refractivity contribution in [2.24, 2.45) is 11.8 Å². The van der Waals surface area contributed by atoms with Gasteiger partial charge in [-0.2, -0.15) is 26.3 Å². The summed E-state index contributed by atoms with van der Waals surface area (Å²) in [6.07, 6.45) is -11.8. The molecule has 0 aromatic heterocycles. The first-order chi connectivity index (χ1) is 16.2. The van der Waals surface area contributed by atoms with Gasteiger partial charge < -0.3 is 14.9 Å². The quantitative estimate of drug-likeness (QED) is 0.457. The molecule has 1 saturated carbocycles. The number of halogens is 7. The van der Waals surface area contributed by atoms with Crippen LogP contribution in [0.5, 0.6) is 0 Å². The Bertz CT molecular complexity index is 1000. The fourth-order valence-corrected chi connectivity index (χ4v) is 4.64. The Morgan fingerprint density at radius 1 is 1.00 bits per heavy atom. The number of benzene rings is 2. The molecule has 3 rings (SSSR count). The van der Waals surface area contributed by atoms with Crippen molar-refractivity contribution in [2.75, 3.05) is 6.61 Å². The van der Waals surface area contributed by atoms with Crippen molar-refractivity contribution < 1.29 is 50.5 Å². The molecule has 0 unspecified atom stereocenters. The summed E-state index contributed by atoms with van der Waals surface area (Å²) in [7, 11) is 0. The fourth-order valence-electron chi connectivity index (χ4n) is 4.64. The van der Waals surface area contributed by atoms with E-state index in [2.05, 4.69) is 0 Å². The van der Waals surface area contributed by atoms with E-state index in [9.17, 15) is 45.7 Å². The first-order valence-electron chi connectivity index (χ1n) is 10.8. The van der Waals surface area contributed by atoms with E-state index < -0.39 is 71.8 Å². The van der Waals surface area contributed by atoms with Gasteiger partial charge in [-0.25, -0.2) is 4.39 Å². The standard InChI is InChI=1S/C24H23F7O4/c1-12(15-8-16(23(26,27)28)10-17(9-15)24(29,30)31)35-19-7-4-14(11-32)21(22(33)34)20(19)13-2-5-18(25)6-3-13/h2-3,5-6,8-10,12,14,19-21,32H,4,7,11H2,1H3,(H,33,34)/t12-,14-,19+,20-,21-/m1/s1. The Labute approximate surface area is 196 Å². The summed E-state index contributed by atoms with van der Waals surface area (Å²) in [6, 6.07) is 6.08. The van der Waals surface area contributed by atoms with Crippen molar-refractivity contribution in [3.05, 3.63) is 70.5 Å². The van der Waals surface area contributed by atoms with Crippen LogP contribution in [-0.4, -0.2) is 28.9 Å². The zero-order valence-corrected chi connectivity index (χ0v) is 18.4. The first-order valence-corrected chi connectivity index (χ1v) is 10.8. The molecule has 0 spiro atoms. The van der Waals surface area contributed by atoms with Crippen LogP contribution in [0.3, 0.4) is 0 Å². The smallest absolute Gasteiger partial charge is 0.416 e. The van der Waals surface area contributed by atoms with Crippen molar-refractivity contribution in [3.8, 4) is 0 Å². The molecule has 1 aliphatic carbocycles. The molecule has 0 saturated heterocycles. The van der Waals surface area contributed by atoms with Gasteiger partial charge >= 0.3 is 18.3 Å². The van der Waals surface area contributed by atoms with Gasteiger partial charge in [0, 0.05) is 12.5 Å². The Hall–Kier alpha value is -2.66. The summed E-state index contributed by atoms with van der Waals surface area (Å²) in [6.45, 7) is 0.838. The molecule has 0 radical (unpaired) electrons. The number of carbonyl (C=O) groups is 1. The molecule has 0 amide bonds. The fraction of sp³-hybridized carbons (Fsp3) is 0.458. The Balaban J connectivity index is 2.00. The topological polar surface area (TPSA) is 66.8 Å². The minimum atomic E-state index is -5.03. The molecule has 0 bridgehead atoms. The number of aliphatic hydroxyl groups excluding tert-OH is 1. The van der Waals surface area contributed by atoms with E-state index in [0.717, 1.165) is 12.1 Å². The van der Waals surface area contributed by atoms with E-state index in [1.807, 2.05) is 0 Å². The summed E-state index contributed by atoms with van der Waals surface area (Å²) in [4.78, 5) is 12.1. The van der Waals surface area contributed by atoms with Crippen LogP contribution in [0.15, 0.2) is 42.5 Å². The third-order valence-corrected chi connectivity index (χ3v) is 6.35. The molecule has 5 atom stereocenters. The van der Waals surface area contributed by atoms with Crippen LogP contribution in [0.2, 0.25) is 0 Å². The van der Waals surface area contributed by atoms with Gasteiger partial charge in [-0.3, -0.25) is 4.79 Å². The molecule has 0 aliphatic heterocycles. The minimum Gasteiger partial charge on any atom is -0.481 e. The lowest BCUT2D eigenvalue weighted by atomic mass is 9.68. The van der Waals surface area contributed by atoms with E-state index in [1.54, 1.807) is 0 Å². The second-order valence-corrected chi connectivity index (χ2v) is 8.62. The van der Waals surface area contributed by atoms with Crippen molar-refractivity contribution in [1.82, 2.24) is 0 Å². The molecule has 2 N–H and O–H groups in total. The van der Waals surface area contributed by atoms with Crippen LogP contribution in [0.1, 0.15) is 54.0 Å². The Morgan fingerprint density at radius 2 is 1.54 bits per heavy atom. The molecule has 1 aliphatic rings. The number of alkyl halides is 6. The highest BCUT2D eigenvalue weighted by molar-refractivity contribution is 5.72. The van der Waals surface area contributed by atoms with Crippen LogP contribution >= 0.6 is 0 Å².